The first kappa shape index (κ1) is 26.0. The zero-order valence-electron chi connectivity index (χ0n) is 25.4. The average Bonchev–Trinajstić information content (AvgIpc) is 3.45. The Balaban J connectivity index is 1.25. The molecule has 0 aliphatic heterocycles. The highest BCUT2D eigenvalue weighted by molar-refractivity contribution is 6.16. The van der Waals surface area contributed by atoms with E-state index in [1.165, 1.54) is 54.2 Å². The van der Waals surface area contributed by atoms with Crippen molar-refractivity contribution in [3.05, 3.63) is 164 Å². The fourth-order valence-electron chi connectivity index (χ4n) is 7.36. The highest BCUT2D eigenvalue weighted by Gasteiger charge is 2.19. The van der Waals surface area contributed by atoms with E-state index in [4.69, 9.17) is 10.2 Å². The van der Waals surface area contributed by atoms with Crippen LogP contribution in [0.15, 0.2) is 164 Å². The standard InChI is InChI=1S/C44H27N3/c1-2-10-28(11-3-1)33-22-23-41-39(25-33)40-24-31-13-4-5-14-32(31)27-42(40)47(41)44-37-17-9-8-16-36(37)43(45-46-44)34-21-20-30-19-18-29-12-6-7-15-35(29)38(30)26-34/h1-27H. The molecule has 0 saturated heterocycles. The summed E-state index contributed by atoms with van der Waals surface area (Å²) in [5.41, 5.74) is 6.57. The molecule has 0 N–H and O–H groups in total. The van der Waals surface area contributed by atoms with Crippen LogP contribution in [0.1, 0.15) is 0 Å². The normalized spacial score (nSPS) is 11.8. The Bertz CT molecular complexity index is 2850. The molecule has 3 heteroatoms. The van der Waals surface area contributed by atoms with Crippen LogP contribution in [0, 0.1) is 0 Å². The summed E-state index contributed by atoms with van der Waals surface area (Å²) >= 11 is 0. The molecule has 0 aliphatic carbocycles. The van der Waals surface area contributed by atoms with E-state index in [2.05, 4.69) is 168 Å². The number of aromatic nitrogens is 3. The topological polar surface area (TPSA) is 30.7 Å². The number of hydrogen-bond acceptors (Lipinski definition) is 2. The van der Waals surface area contributed by atoms with Gasteiger partial charge in [-0.15, -0.1) is 10.2 Å². The second kappa shape index (κ2) is 10.1. The Morgan fingerprint density at radius 1 is 0.319 bits per heavy atom. The van der Waals surface area contributed by atoms with Gasteiger partial charge in [-0.1, -0.05) is 133 Å². The molecule has 0 aliphatic rings. The molecular weight excluding hydrogens is 571 g/mol. The summed E-state index contributed by atoms with van der Waals surface area (Å²) in [4.78, 5) is 0. The first-order chi connectivity index (χ1) is 23.3. The summed E-state index contributed by atoms with van der Waals surface area (Å²) < 4.78 is 2.30. The van der Waals surface area contributed by atoms with Crippen LogP contribution in [0.5, 0.6) is 0 Å². The number of rotatable bonds is 3. The van der Waals surface area contributed by atoms with E-state index in [1.807, 2.05) is 0 Å². The van der Waals surface area contributed by atoms with Gasteiger partial charge in [0, 0.05) is 27.1 Å². The monoisotopic (exact) mass is 597 g/mol. The summed E-state index contributed by atoms with van der Waals surface area (Å²) in [7, 11) is 0. The van der Waals surface area contributed by atoms with Gasteiger partial charge in [0.25, 0.3) is 0 Å². The molecular formula is C44H27N3. The largest absolute Gasteiger partial charge is 0.292 e. The highest BCUT2D eigenvalue weighted by Crippen LogP contribution is 2.39. The number of benzene rings is 8. The average molecular weight is 598 g/mol. The highest BCUT2D eigenvalue weighted by atomic mass is 15.2. The Morgan fingerprint density at radius 2 is 0.915 bits per heavy atom. The maximum atomic E-state index is 5.04. The second-order valence-electron chi connectivity index (χ2n) is 12.3. The Labute approximate surface area is 271 Å². The molecule has 8 aromatic carbocycles. The molecule has 0 unspecified atom stereocenters. The van der Waals surface area contributed by atoms with Crippen LogP contribution >= 0.6 is 0 Å². The SMILES string of the molecule is c1ccc(-c2ccc3c(c2)c2cc4ccccc4cc2n3-c2nnc(-c3ccc4ccc5ccccc5c4c3)c3ccccc23)cc1. The van der Waals surface area contributed by atoms with Crippen molar-refractivity contribution >= 4 is 64.9 Å². The minimum atomic E-state index is 0.832. The van der Waals surface area contributed by atoms with Gasteiger partial charge in [-0.05, 0) is 73.8 Å². The summed E-state index contributed by atoms with van der Waals surface area (Å²) in [6.07, 6.45) is 0. The molecule has 47 heavy (non-hydrogen) atoms. The fraction of sp³-hybridized carbons (Fsp3) is 0. The van der Waals surface area contributed by atoms with Crippen LogP contribution in [0.4, 0.5) is 0 Å². The summed E-state index contributed by atoms with van der Waals surface area (Å²) in [6.45, 7) is 0. The quantitative estimate of drug-likeness (QED) is 0.190. The molecule has 0 atom stereocenters. The van der Waals surface area contributed by atoms with E-state index in [-0.39, 0.29) is 0 Å². The summed E-state index contributed by atoms with van der Waals surface area (Å²) in [5.74, 6) is 0.832. The molecule has 0 fully saturated rings. The van der Waals surface area contributed by atoms with Gasteiger partial charge in [0.15, 0.2) is 5.82 Å². The number of hydrogen-bond donors (Lipinski definition) is 0. The minimum absolute atomic E-state index is 0.832. The maximum Gasteiger partial charge on any atom is 0.168 e. The summed E-state index contributed by atoms with van der Waals surface area (Å²) in [6, 6.07) is 58.7. The molecule has 3 nitrogen and oxygen atoms in total. The van der Waals surface area contributed by atoms with Gasteiger partial charge in [-0.25, -0.2) is 0 Å². The van der Waals surface area contributed by atoms with Crippen LogP contribution in [-0.2, 0) is 0 Å². The maximum absolute atomic E-state index is 5.04. The van der Waals surface area contributed by atoms with E-state index in [9.17, 15) is 0 Å². The molecule has 0 spiro atoms. The fourth-order valence-corrected chi connectivity index (χ4v) is 7.36. The van der Waals surface area contributed by atoms with Crippen molar-refractivity contribution in [2.24, 2.45) is 0 Å². The Morgan fingerprint density at radius 3 is 1.74 bits per heavy atom. The van der Waals surface area contributed by atoms with E-state index in [0.717, 1.165) is 38.9 Å². The predicted molar refractivity (Wildman–Crippen MR) is 197 cm³/mol. The van der Waals surface area contributed by atoms with Crippen molar-refractivity contribution < 1.29 is 0 Å². The molecule has 0 saturated carbocycles. The lowest BCUT2D eigenvalue weighted by molar-refractivity contribution is 0.977. The third kappa shape index (κ3) is 4.00. The number of nitrogens with zero attached hydrogens (tertiary/aromatic N) is 3. The van der Waals surface area contributed by atoms with Crippen LogP contribution in [0.2, 0.25) is 0 Å². The van der Waals surface area contributed by atoms with Crippen molar-refractivity contribution in [3.63, 3.8) is 0 Å². The molecule has 0 bridgehead atoms. The van der Waals surface area contributed by atoms with E-state index in [0.29, 0.717) is 0 Å². The van der Waals surface area contributed by atoms with Gasteiger partial charge in [-0.2, -0.15) is 0 Å². The van der Waals surface area contributed by atoms with Crippen molar-refractivity contribution in [1.82, 2.24) is 14.8 Å². The van der Waals surface area contributed by atoms with E-state index >= 15 is 0 Å². The van der Waals surface area contributed by atoms with Crippen molar-refractivity contribution in [2.45, 2.75) is 0 Å². The lowest BCUT2D eigenvalue weighted by atomic mass is 9.97. The van der Waals surface area contributed by atoms with Crippen molar-refractivity contribution in [3.8, 4) is 28.2 Å². The van der Waals surface area contributed by atoms with Gasteiger partial charge in [0.1, 0.15) is 5.69 Å². The smallest absolute Gasteiger partial charge is 0.168 e. The third-order valence-electron chi connectivity index (χ3n) is 9.64. The Kier molecular flexibility index (Phi) is 5.57. The third-order valence-corrected chi connectivity index (χ3v) is 9.64. The molecule has 0 amide bonds. The molecule has 2 heterocycles. The predicted octanol–water partition coefficient (Wildman–Crippen LogP) is 11.5. The van der Waals surface area contributed by atoms with Crippen molar-refractivity contribution in [2.75, 3.05) is 0 Å². The Hall–Kier alpha value is -6.32. The second-order valence-corrected chi connectivity index (χ2v) is 12.3. The first-order valence-corrected chi connectivity index (χ1v) is 16.0. The van der Waals surface area contributed by atoms with E-state index < -0.39 is 0 Å². The van der Waals surface area contributed by atoms with Gasteiger partial charge in [0.2, 0.25) is 0 Å². The van der Waals surface area contributed by atoms with Gasteiger partial charge in [0.05, 0.1) is 11.0 Å². The van der Waals surface area contributed by atoms with Crippen molar-refractivity contribution in [1.29, 1.82) is 0 Å². The molecule has 2 aromatic heterocycles. The molecule has 0 radical (unpaired) electrons. The van der Waals surface area contributed by atoms with Gasteiger partial charge < -0.3 is 0 Å². The zero-order valence-corrected chi connectivity index (χ0v) is 25.4. The lowest BCUT2D eigenvalue weighted by Crippen LogP contribution is -2.02. The zero-order chi connectivity index (χ0) is 30.9. The lowest BCUT2D eigenvalue weighted by Gasteiger charge is -2.13. The molecule has 218 valence electrons. The van der Waals surface area contributed by atoms with Gasteiger partial charge >= 0.3 is 0 Å². The van der Waals surface area contributed by atoms with Crippen LogP contribution < -0.4 is 0 Å². The molecule has 10 rings (SSSR count). The minimum Gasteiger partial charge on any atom is -0.292 e. The first-order valence-electron chi connectivity index (χ1n) is 16.0. The van der Waals surface area contributed by atoms with E-state index in [1.54, 1.807) is 0 Å². The van der Waals surface area contributed by atoms with Gasteiger partial charge in [-0.3, -0.25) is 4.57 Å². The van der Waals surface area contributed by atoms with Crippen LogP contribution in [-0.4, -0.2) is 14.8 Å². The van der Waals surface area contributed by atoms with Crippen LogP contribution in [0.3, 0.4) is 0 Å². The number of fused-ring (bicyclic) bond motifs is 8. The summed E-state index contributed by atoms with van der Waals surface area (Å²) in [5, 5.41) is 21.9. The molecule has 10 aromatic rings. The van der Waals surface area contributed by atoms with Crippen LogP contribution in [0.25, 0.3) is 93.1 Å².